The molecule has 220 valence electrons. The second-order valence-corrected chi connectivity index (χ2v) is 10.3. The fraction of sp³-hybridized carbons (Fsp3) is 0.188. The predicted octanol–water partition coefficient (Wildman–Crippen LogP) is 3.25. The molecule has 3 aromatic heterocycles. The maximum Gasteiger partial charge on any atom is 0.339 e. The molecular weight excluding hydrogens is 560 g/mol. The van der Waals surface area contributed by atoms with E-state index >= 15 is 0 Å². The lowest BCUT2D eigenvalue weighted by molar-refractivity contribution is -0.113. The Hall–Kier alpha value is -5.80. The summed E-state index contributed by atoms with van der Waals surface area (Å²) < 4.78 is 8.27. The molecule has 0 atom stereocenters. The minimum Gasteiger partial charge on any atom is -0.382 e. The van der Waals surface area contributed by atoms with E-state index in [1.807, 2.05) is 13.0 Å². The quantitative estimate of drug-likeness (QED) is 0.275. The molecule has 12 heteroatoms. The van der Waals surface area contributed by atoms with E-state index in [1.165, 1.54) is 20.4 Å². The van der Waals surface area contributed by atoms with Crippen molar-refractivity contribution in [1.82, 2.24) is 24.1 Å². The van der Waals surface area contributed by atoms with E-state index in [0.717, 1.165) is 18.4 Å². The number of nitrogen functional groups attached to an aromatic ring is 1. The third-order valence-electron chi connectivity index (χ3n) is 7.08. The number of amides is 2. The van der Waals surface area contributed by atoms with E-state index in [-0.39, 0.29) is 30.1 Å². The van der Waals surface area contributed by atoms with Crippen LogP contribution in [0.25, 0.3) is 22.5 Å². The van der Waals surface area contributed by atoms with Crippen molar-refractivity contribution in [3.05, 3.63) is 94.8 Å². The van der Waals surface area contributed by atoms with Crippen LogP contribution in [0.3, 0.4) is 0 Å². The van der Waals surface area contributed by atoms with E-state index in [2.05, 4.69) is 32.1 Å². The van der Waals surface area contributed by atoms with Gasteiger partial charge in [0.25, 0.3) is 5.91 Å². The molecule has 0 saturated heterocycles. The van der Waals surface area contributed by atoms with Crippen LogP contribution in [0.1, 0.15) is 28.8 Å². The van der Waals surface area contributed by atoms with E-state index in [1.54, 1.807) is 67.8 Å². The smallest absolute Gasteiger partial charge is 0.339 e. The number of carbonyl (C=O) groups excluding carboxylic acids is 2. The highest BCUT2D eigenvalue weighted by molar-refractivity contribution is 6.05. The van der Waals surface area contributed by atoms with Crippen LogP contribution in [0, 0.1) is 18.8 Å². The number of nitrogens with one attached hydrogen (secondary N) is 1. The molecule has 1 fully saturated rings. The molecule has 3 heterocycles. The highest BCUT2D eigenvalue weighted by Crippen LogP contribution is 2.25. The van der Waals surface area contributed by atoms with Crippen LogP contribution < -0.4 is 21.6 Å². The van der Waals surface area contributed by atoms with Crippen molar-refractivity contribution in [3.63, 3.8) is 0 Å². The average Bonchev–Trinajstić information content (AvgIpc) is 3.80. The molecule has 1 aliphatic rings. The molecule has 5 aromatic rings. The van der Waals surface area contributed by atoms with Gasteiger partial charge in [-0.05, 0) is 85.8 Å². The van der Waals surface area contributed by atoms with Gasteiger partial charge in [0.05, 0.1) is 17.5 Å². The number of pyridine rings is 1. The summed E-state index contributed by atoms with van der Waals surface area (Å²) in [5.74, 6) is 5.14. The first-order chi connectivity index (χ1) is 21.3. The van der Waals surface area contributed by atoms with Crippen LogP contribution in [0.5, 0.6) is 0 Å². The van der Waals surface area contributed by atoms with Crippen LogP contribution in [-0.2, 0) is 9.53 Å². The van der Waals surface area contributed by atoms with E-state index < -0.39 is 11.6 Å². The number of benzene rings is 2. The molecule has 0 radical (unpaired) electrons. The molecule has 6 rings (SSSR count). The molecule has 0 unspecified atom stereocenters. The number of fused-ring (bicyclic) bond motifs is 1. The Bertz CT molecular complexity index is 2020. The first-order valence-electron chi connectivity index (χ1n) is 13.9. The predicted molar refractivity (Wildman–Crippen MR) is 166 cm³/mol. The minimum absolute atomic E-state index is 0.102. The summed E-state index contributed by atoms with van der Waals surface area (Å²) in [6.45, 7) is 2.11. The molecule has 0 spiro atoms. The van der Waals surface area contributed by atoms with Crippen LogP contribution in [0.4, 0.5) is 17.3 Å². The summed E-state index contributed by atoms with van der Waals surface area (Å²) in [6, 6.07) is 17.0. The van der Waals surface area contributed by atoms with Gasteiger partial charge in [-0.3, -0.25) is 14.2 Å². The van der Waals surface area contributed by atoms with Gasteiger partial charge >= 0.3 is 11.6 Å². The zero-order chi connectivity index (χ0) is 30.8. The number of rotatable bonds is 7. The Morgan fingerprint density at radius 1 is 1.05 bits per heavy atom. The zero-order valence-electron chi connectivity index (χ0n) is 24.0. The van der Waals surface area contributed by atoms with Crippen molar-refractivity contribution >= 4 is 40.3 Å². The molecular formula is C32H28N8O4. The number of nitrogens with zero attached hydrogens (tertiary/aromatic N) is 6. The van der Waals surface area contributed by atoms with Crippen LogP contribution in [0.2, 0.25) is 0 Å². The molecule has 2 amide bonds. The third kappa shape index (κ3) is 5.77. The Morgan fingerprint density at radius 3 is 2.59 bits per heavy atom. The highest BCUT2D eigenvalue weighted by atomic mass is 16.5. The molecule has 44 heavy (non-hydrogen) atoms. The zero-order valence-corrected chi connectivity index (χ0v) is 24.0. The minimum atomic E-state index is -0.462. The number of hydrogen-bond acceptors (Lipinski definition) is 8. The van der Waals surface area contributed by atoms with Gasteiger partial charge in [-0.15, -0.1) is 0 Å². The van der Waals surface area contributed by atoms with Crippen LogP contribution in [-0.4, -0.2) is 55.7 Å². The highest BCUT2D eigenvalue weighted by Gasteiger charge is 2.22. The number of anilines is 3. The molecule has 12 nitrogen and oxygen atoms in total. The topological polar surface area (TPSA) is 150 Å². The Morgan fingerprint density at radius 2 is 1.84 bits per heavy atom. The van der Waals surface area contributed by atoms with Gasteiger partial charge in [-0.1, -0.05) is 12.0 Å². The number of imidazole rings is 1. The summed E-state index contributed by atoms with van der Waals surface area (Å²) >= 11 is 0. The number of nitrogens with two attached hydrogens (primary N) is 1. The Balaban J connectivity index is 1.32. The summed E-state index contributed by atoms with van der Waals surface area (Å²) in [5.41, 5.74) is 9.15. The Labute approximate surface area is 252 Å². The van der Waals surface area contributed by atoms with E-state index in [4.69, 9.17) is 10.5 Å². The second-order valence-electron chi connectivity index (χ2n) is 10.3. The lowest BCUT2D eigenvalue weighted by Gasteiger charge is -2.15. The third-order valence-corrected chi connectivity index (χ3v) is 7.08. The van der Waals surface area contributed by atoms with Crippen LogP contribution in [0.15, 0.2) is 78.0 Å². The maximum atomic E-state index is 14.0. The average molecular weight is 589 g/mol. The number of aromatic nitrogens is 5. The SMILES string of the molecule is Cc1ccnc(NC(=O)c2ccc(-n3c(=O)n(-c4cccc(N(C)C(=O)C#CCOC5CC5)c4)c4ncnc(N)c43)cc2)c1. The first-order valence-corrected chi connectivity index (χ1v) is 13.9. The maximum absolute atomic E-state index is 14.0. The van der Waals surface area contributed by atoms with Crippen molar-refractivity contribution in [2.45, 2.75) is 25.9 Å². The standard InChI is InChI=1S/C32H28N8O4/c1-20-14-15-34-26(17-20)37-31(42)21-8-10-22(11-9-21)39-28-29(33)35-19-36-30(28)40(32(39)43)24-6-3-5-23(18-24)38(2)27(41)7-4-16-44-25-12-13-25/h3,5-6,8-11,14-15,17-19,25H,12-13,16H2,1-2H3,(H2,33,35,36)(H,34,37,42). The van der Waals surface area contributed by atoms with E-state index in [9.17, 15) is 14.4 Å². The number of carbonyl (C=O) groups is 2. The van der Waals surface area contributed by atoms with Gasteiger partial charge in [0.2, 0.25) is 0 Å². The number of aryl methyl sites for hydroxylation is 1. The van der Waals surface area contributed by atoms with Gasteiger partial charge in [0.1, 0.15) is 24.3 Å². The summed E-state index contributed by atoms with van der Waals surface area (Å²) in [5, 5.41) is 2.77. The molecule has 0 bridgehead atoms. The summed E-state index contributed by atoms with van der Waals surface area (Å²) in [4.78, 5) is 53.6. The van der Waals surface area contributed by atoms with Gasteiger partial charge < -0.3 is 20.7 Å². The van der Waals surface area contributed by atoms with Crippen molar-refractivity contribution in [3.8, 4) is 23.2 Å². The van der Waals surface area contributed by atoms with E-state index in [0.29, 0.717) is 34.0 Å². The fourth-order valence-corrected chi connectivity index (χ4v) is 4.62. The lowest BCUT2D eigenvalue weighted by Crippen LogP contribution is -2.25. The molecule has 1 saturated carbocycles. The molecule has 3 N–H and O–H groups in total. The van der Waals surface area contributed by atoms with Gasteiger partial charge in [-0.25, -0.2) is 24.3 Å². The van der Waals surface area contributed by atoms with Gasteiger partial charge in [-0.2, -0.15) is 0 Å². The van der Waals surface area contributed by atoms with Crippen molar-refractivity contribution in [1.29, 1.82) is 0 Å². The fourth-order valence-electron chi connectivity index (χ4n) is 4.62. The number of hydrogen-bond donors (Lipinski definition) is 2. The summed E-state index contributed by atoms with van der Waals surface area (Å²) in [6.07, 6.45) is 5.22. The van der Waals surface area contributed by atoms with Gasteiger partial charge in [0, 0.05) is 24.5 Å². The first kappa shape index (κ1) is 28.3. The van der Waals surface area contributed by atoms with Crippen molar-refractivity contribution < 1.29 is 14.3 Å². The molecule has 1 aliphatic carbocycles. The Kier molecular flexibility index (Phi) is 7.61. The molecule has 0 aliphatic heterocycles. The monoisotopic (exact) mass is 588 g/mol. The number of ether oxygens (including phenoxy) is 1. The molecule has 2 aromatic carbocycles. The lowest BCUT2D eigenvalue weighted by atomic mass is 10.2. The summed E-state index contributed by atoms with van der Waals surface area (Å²) in [7, 11) is 1.61. The second kappa shape index (κ2) is 11.8. The normalized spacial score (nSPS) is 12.4. The largest absolute Gasteiger partial charge is 0.382 e. The van der Waals surface area contributed by atoms with Crippen molar-refractivity contribution in [2.75, 3.05) is 29.6 Å². The van der Waals surface area contributed by atoms with Gasteiger partial charge in [0.15, 0.2) is 11.5 Å². The van der Waals surface area contributed by atoms with Crippen molar-refractivity contribution in [2.24, 2.45) is 0 Å². The van der Waals surface area contributed by atoms with Crippen LogP contribution >= 0.6 is 0 Å².